The molecular formula is C29H28N6O2. The van der Waals surface area contributed by atoms with Crippen molar-refractivity contribution in [2.45, 2.75) is 32.6 Å². The first-order valence-electron chi connectivity index (χ1n) is 12.4. The fraction of sp³-hybridized carbons (Fsp3) is 0.207. The summed E-state index contributed by atoms with van der Waals surface area (Å²) in [4.78, 5) is 13.0. The van der Waals surface area contributed by atoms with E-state index >= 15 is 0 Å². The number of ether oxygens (including phenoxy) is 1. The van der Waals surface area contributed by atoms with Crippen LogP contribution in [0.4, 0.5) is 0 Å². The number of hydrogen-bond donors (Lipinski definition) is 1. The van der Waals surface area contributed by atoms with E-state index in [9.17, 15) is 4.79 Å². The van der Waals surface area contributed by atoms with E-state index < -0.39 is 0 Å². The number of benzene rings is 3. The molecule has 5 rings (SSSR count). The van der Waals surface area contributed by atoms with E-state index in [0.29, 0.717) is 17.9 Å². The molecule has 0 spiro atoms. The quantitative estimate of drug-likeness (QED) is 0.275. The molecule has 3 aromatic carbocycles. The molecule has 0 amide bonds. The van der Waals surface area contributed by atoms with E-state index in [1.54, 1.807) is 4.68 Å². The molecule has 0 fully saturated rings. The van der Waals surface area contributed by atoms with Gasteiger partial charge in [0.25, 0.3) is 0 Å². The van der Waals surface area contributed by atoms with E-state index in [4.69, 9.17) is 9.84 Å². The fourth-order valence-electron chi connectivity index (χ4n) is 4.50. The van der Waals surface area contributed by atoms with Crippen LogP contribution < -0.4 is 0 Å². The number of rotatable bonds is 9. The van der Waals surface area contributed by atoms with Crippen molar-refractivity contribution in [3.63, 3.8) is 0 Å². The van der Waals surface area contributed by atoms with Gasteiger partial charge in [-0.1, -0.05) is 80.1 Å². The van der Waals surface area contributed by atoms with E-state index in [1.165, 1.54) is 7.11 Å². The molecule has 8 nitrogen and oxygen atoms in total. The van der Waals surface area contributed by atoms with Gasteiger partial charge in [0, 0.05) is 17.5 Å². The topological polar surface area (TPSA) is 98.6 Å². The van der Waals surface area contributed by atoms with Crippen LogP contribution in [0.5, 0.6) is 0 Å². The van der Waals surface area contributed by atoms with Crippen LogP contribution in [0.3, 0.4) is 0 Å². The number of aromatic amines is 1. The number of aromatic nitrogens is 6. The zero-order chi connectivity index (χ0) is 25.6. The van der Waals surface area contributed by atoms with Crippen molar-refractivity contribution in [3.8, 4) is 28.2 Å². The molecule has 5 aromatic rings. The van der Waals surface area contributed by atoms with Crippen LogP contribution in [0.15, 0.2) is 78.9 Å². The second kappa shape index (κ2) is 11.0. The molecule has 37 heavy (non-hydrogen) atoms. The number of unbranched alkanes of at least 4 members (excludes halogenated alkanes) is 1. The van der Waals surface area contributed by atoms with Crippen LogP contribution in [0, 0.1) is 0 Å². The highest BCUT2D eigenvalue weighted by atomic mass is 16.5. The van der Waals surface area contributed by atoms with Gasteiger partial charge in [-0.15, -0.1) is 10.2 Å². The van der Waals surface area contributed by atoms with Gasteiger partial charge in [0.05, 0.1) is 18.5 Å². The average Bonchev–Trinajstić information content (AvgIpc) is 3.61. The van der Waals surface area contributed by atoms with Gasteiger partial charge < -0.3 is 4.74 Å². The maximum atomic E-state index is 13.0. The van der Waals surface area contributed by atoms with Gasteiger partial charge in [-0.05, 0) is 46.9 Å². The number of esters is 1. The zero-order valence-corrected chi connectivity index (χ0v) is 20.9. The Labute approximate surface area is 215 Å². The molecule has 1 N–H and O–H groups in total. The standard InChI is InChI=1S/C29H28N6O2/c1-3-4-14-26-25(27(29(36)37-2)35(32-26)22-10-6-5-7-11-22)19-20-15-17-21(18-16-20)23-12-8-9-13-24(23)28-30-33-34-31-28/h5-13,15-18H,3-4,14,19H2,1-2H3,(H,30,31,33,34). The molecule has 0 aliphatic carbocycles. The molecular weight excluding hydrogens is 464 g/mol. The van der Waals surface area contributed by atoms with Crippen molar-refractivity contribution < 1.29 is 9.53 Å². The lowest BCUT2D eigenvalue weighted by atomic mass is 9.95. The number of aryl methyl sites for hydroxylation is 1. The van der Waals surface area contributed by atoms with Crippen LogP contribution in [-0.4, -0.2) is 43.5 Å². The molecule has 0 saturated heterocycles. The summed E-state index contributed by atoms with van der Waals surface area (Å²) in [7, 11) is 1.41. The van der Waals surface area contributed by atoms with Gasteiger partial charge in [0.15, 0.2) is 5.69 Å². The first kappa shape index (κ1) is 24.1. The molecule has 2 aromatic heterocycles. The zero-order valence-electron chi connectivity index (χ0n) is 20.9. The summed E-state index contributed by atoms with van der Waals surface area (Å²) in [5.41, 5.74) is 7.20. The predicted molar refractivity (Wildman–Crippen MR) is 141 cm³/mol. The minimum Gasteiger partial charge on any atom is -0.464 e. The minimum atomic E-state index is -0.389. The van der Waals surface area contributed by atoms with Crippen molar-refractivity contribution in [1.29, 1.82) is 0 Å². The lowest BCUT2D eigenvalue weighted by Crippen LogP contribution is -2.12. The Bertz CT molecular complexity index is 1480. The van der Waals surface area contributed by atoms with Gasteiger partial charge >= 0.3 is 5.97 Å². The van der Waals surface area contributed by atoms with Crippen molar-refractivity contribution in [3.05, 3.63) is 101 Å². The highest BCUT2D eigenvalue weighted by Gasteiger charge is 2.25. The third-order valence-electron chi connectivity index (χ3n) is 6.37. The third kappa shape index (κ3) is 5.04. The van der Waals surface area contributed by atoms with E-state index in [2.05, 4.69) is 51.8 Å². The highest BCUT2D eigenvalue weighted by molar-refractivity contribution is 5.90. The first-order valence-corrected chi connectivity index (χ1v) is 12.4. The van der Waals surface area contributed by atoms with Crippen LogP contribution in [0.1, 0.15) is 47.1 Å². The predicted octanol–water partition coefficient (Wildman–Crippen LogP) is 5.44. The van der Waals surface area contributed by atoms with E-state index in [1.807, 2.05) is 54.6 Å². The van der Waals surface area contributed by atoms with Crippen molar-refractivity contribution in [1.82, 2.24) is 30.4 Å². The number of methoxy groups -OCH3 is 1. The van der Waals surface area contributed by atoms with Gasteiger partial charge in [0.1, 0.15) is 0 Å². The first-order chi connectivity index (χ1) is 18.2. The maximum absolute atomic E-state index is 13.0. The maximum Gasteiger partial charge on any atom is 0.357 e. The molecule has 0 saturated carbocycles. The lowest BCUT2D eigenvalue weighted by Gasteiger charge is -2.10. The van der Waals surface area contributed by atoms with Crippen LogP contribution in [0.2, 0.25) is 0 Å². The number of tetrazole rings is 1. The van der Waals surface area contributed by atoms with Gasteiger partial charge in [-0.25, -0.2) is 9.48 Å². The van der Waals surface area contributed by atoms with Gasteiger partial charge in [0.2, 0.25) is 5.82 Å². The van der Waals surface area contributed by atoms with Crippen molar-refractivity contribution >= 4 is 5.97 Å². The summed E-state index contributed by atoms with van der Waals surface area (Å²) in [6.07, 6.45) is 3.40. The normalized spacial score (nSPS) is 11.0. The Kier molecular flexibility index (Phi) is 7.16. The van der Waals surface area contributed by atoms with Crippen LogP contribution in [0.25, 0.3) is 28.2 Å². The fourth-order valence-corrected chi connectivity index (χ4v) is 4.50. The minimum absolute atomic E-state index is 0.389. The smallest absolute Gasteiger partial charge is 0.357 e. The Balaban J connectivity index is 1.52. The largest absolute Gasteiger partial charge is 0.464 e. The summed E-state index contributed by atoms with van der Waals surface area (Å²) >= 11 is 0. The summed E-state index contributed by atoms with van der Waals surface area (Å²) in [6.45, 7) is 2.15. The summed E-state index contributed by atoms with van der Waals surface area (Å²) in [5, 5.41) is 19.4. The number of carbonyl (C=O) groups excluding carboxylic acids is 1. The Morgan fingerprint density at radius 1 is 0.946 bits per heavy atom. The lowest BCUT2D eigenvalue weighted by molar-refractivity contribution is 0.0589. The molecule has 0 atom stereocenters. The number of carbonyl (C=O) groups is 1. The number of nitrogens with zero attached hydrogens (tertiary/aromatic N) is 5. The molecule has 0 aliphatic heterocycles. The Morgan fingerprint density at radius 2 is 1.68 bits per heavy atom. The molecule has 8 heteroatoms. The number of hydrogen-bond acceptors (Lipinski definition) is 6. The molecule has 0 bridgehead atoms. The van der Waals surface area contributed by atoms with E-state index in [0.717, 1.165) is 58.5 Å². The number of para-hydroxylation sites is 1. The average molecular weight is 493 g/mol. The summed E-state index contributed by atoms with van der Waals surface area (Å²) < 4.78 is 6.92. The van der Waals surface area contributed by atoms with Crippen molar-refractivity contribution in [2.75, 3.05) is 7.11 Å². The van der Waals surface area contributed by atoms with Crippen LogP contribution in [-0.2, 0) is 17.6 Å². The van der Waals surface area contributed by atoms with Crippen molar-refractivity contribution in [2.24, 2.45) is 0 Å². The third-order valence-corrected chi connectivity index (χ3v) is 6.37. The Morgan fingerprint density at radius 3 is 2.35 bits per heavy atom. The highest BCUT2D eigenvalue weighted by Crippen LogP contribution is 2.31. The monoisotopic (exact) mass is 492 g/mol. The second-order valence-corrected chi connectivity index (χ2v) is 8.77. The second-order valence-electron chi connectivity index (χ2n) is 8.77. The molecule has 0 aliphatic rings. The van der Waals surface area contributed by atoms with E-state index in [-0.39, 0.29) is 5.97 Å². The molecule has 0 radical (unpaired) electrons. The molecule has 186 valence electrons. The molecule has 0 unspecified atom stereocenters. The summed E-state index contributed by atoms with van der Waals surface area (Å²) in [6, 6.07) is 26.0. The number of H-pyrrole nitrogens is 1. The van der Waals surface area contributed by atoms with Crippen LogP contribution >= 0.6 is 0 Å². The SMILES string of the molecule is CCCCc1nn(-c2ccccc2)c(C(=O)OC)c1Cc1ccc(-c2ccccc2-c2nn[nH]n2)cc1. The molecule has 2 heterocycles. The summed E-state index contributed by atoms with van der Waals surface area (Å²) in [5.74, 6) is 0.163. The number of nitrogens with one attached hydrogen (secondary N) is 1. The Hall–Kier alpha value is -4.59. The van der Waals surface area contributed by atoms with Gasteiger partial charge in [-0.3, -0.25) is 0 Å². The van der Waals surface area contributed by atoms with Gasteiger partial charge in [-0.2, -0.15) is 10.3 Å².